The van der Waals surface area contributed by atoms with E-state index < -0.39 is 35.1 Å². The van der Waals surface area contributed by atoms with Crippen molar-refractivity contribution in [3.8, 4) is 0 Å². The van der Waals surface area contributed by atoms with Gasteiger partial charge in [0.05, 0.1) is 11.8 Å². The Kier molecular flexibility index (Phi) is 5.04. The lowest BCUT2D eigenvalue weighted by molar-refractivity contribution is -0.142. The second kappa shape index (κ2) is 8.13. The van der Waals surface area contributed by atoms with Crippen LogP contribution in [0.4, 0.5) is 10.1 Å². The van der Waals surface area contributed by atoms with Crippen LogP contribution in [0.5, 0.6) is 0 Å². The molecule has 0 saturated carbocycles. The topological polar surface area (TPSA) is 78.5 Å². The Morgan fingerprint density at radius 2 is 1.54 bits per heavy atom. The molecule has 4 atom stereocenters. The van der Waals surface area contributed by atoms with E-state index in [1.54, 1.807) is 0 Å². The Morgan fingerprint density at radius 3 is 2.26 bits per heavy atom. The van der Waals surface area contributed by atoms with Crippen LogP contribution in [0.15, 0.2) is 78.9 Å². The third-order valence-electron chi connectivity index (χ3n) is 7.53. The molecule has 3 aliphatic heterocycles. The van der Waals surface area contributed by atoms with E-state index in [-0.39, 0.29) is 18.4 Å². The highest BCUT2D eigenvalue weighted by Crippen LogP contribution is 2.53. The number of imide groups is 1. The standard InChI is InChI=1S/C28H24FN3O3/c29-19-11-12-21-20(16-19)28(27(35)30-21)24-23(22(31-28)15-18-9-5-2-6-10-18)25(33)32(26(24)34)14-13-17-7-3-1-4-8-17/h1-12,16,22-24,31H,13-15H2,(H,30,35). The fourth-order valence-electron chi connectivity index (χ4n) is 5.98. The van der Waals surface area contributed by atoms with Crippen LogP contribution in [-0.2, 0) is 32.8 Å². The highest BCUT2D eigenvalue weighted by atomic mass is 19.1. The summed E-state index contributed by atoms with van der Waals surface area (Å²) in [5.41, 5.74) is 1.37. The molecule has 4 unspecified atom stereocenters. The molecule has 176 valence electrons. The van der Waals surface area contributed by atoms with Crippen LogP contribution in [0.25, 0.3) is 0 Å². The molecule has 3 aliphatic rings. The van der Waals surface area contributed by atoms with Crippen molar-refractivity contribution in [3.63, 3.8) is 0 Å². The first kappa shape index (κ1) is 21.7. The number of carbonyl (C=O) groups is 3. The van der Waals surface area contributed by atoms with Gasteiger partial charge in [0.1, 0.15) is 11.4 Å². The van der Waals surface area contributed by atoms with Gasteiger partial charge in [-0.15, -0.1) is 0 Å². The minimum Gasteiger partial charge on any atom is -0.324 e. The Morgan fingerprint density at radius 1 is 0.857 bits per heavy atom. The lowest BCUT2D eigenvalue weighted by Gasteiger charge is -2.29. The molecule has 2 N–H and O–H groups in total. The van der Waals surface area contributed by atoms with E-state index in [1.165, 1.54) is 23.1 Å². The van der Waals surface area contributed by atoms with Gasteiger partial charge in [-0.25, -0.2) is 4.39 Å². The average molecular weight is 470 g/mol. The smallest absolute Gasteiger partial charge is 0.250 e. The first-order valence-corrected chi connectivity index (χ1v) is 11.8. The molecule has 0 bridgehead atoms. The molecule has 35 heavy (non-hydrogen) atoms. The van der Waals surface area contributed by atoms with Gasteiger partial charge in [-0.3, -0.25) is 24.6 Å². The van der Waals surface area contributed by atoms with Gasteiger partial charge in [-0.1, -0.05) is 60.7 Å². The molecule has 3 aromatic rings. The number of halogens is 1. The number of likely N-dealkylation sites (tertiary alicyclic amines) is 1. The zero-order chi connectivity index (χ0) is 24.2. The van der Waals surface area contributed by atoms with Gasteiger partial charge in [0.15, 0.2) is 0 Å². The molecule has 6 nitrogen and oxygen atoms in total. The van der Waals surface area contributed by atoms with Crippen LogP contribution < -0.4 is 10.6 Å². The molecule has 0 aromatic heterocycles. The molecule has 3 heterocycles. The number of fused-ring (bicyclic) bond motifs is 4. The van der Waals surface area contributed by atoms with Gasteiger partial charge < -0.3 is 5.32 Å². The average Bonchev–Trinajstić information content (AvgIpc) is 3.44. The van der Waals surface area contributed by atoms with E-state index in [4.69, 9.17) is 0 Å². The molecule has 0 aliphatic carbocycles. The highest BCUT2D eigenvalue weighted by Gasteiger charge is 2.70. The SMILES string of the molecule is O=C1C2C(Cc3ccccc3)NC3(C(=O)Nc4ccc(F)cc43)C2C(=O)N1CCc1ccccc1. The molecule has 6 rings (SSSR count). The Hall–Kier alpha value is -3.84. The molecule has 1 spiro atoms. The molecule has 3 amide bonds. The maximum absolute atomic E-state index is 14.3. The zero-order valence-corrected chi connectivity index (χ0v) is 18.9. The quantitative estimate of drug-likeness (QED) is 0.563. The van der Waals surface area contributed by atoms with Crippen LogP contribution in [0, 0.1) is 17.7 Å². The summed E-state index contributed by atoms with van der Waals surface area (Å²) in [5, 5.41) is 6.17. The lowest BCUT2D eigenvalue weighted by Crippen LogP contribution is -2.53. The molecule has 3 aromatic carbocycles. The number of nitrogens with one attached hydrogen (secondary N) is 2. The monoisotopic (exact) mass is 469 g/mol. The summed E-state index contributed by atoms with van der Waals surface area (Å²) >= 11 is 0. The summed E-state index contributed by atoms with van der Waals surface area (Å²) < 4.78 is 14.3. The van der Waals surface area contributed by atoms with E-state index in [1.807, 2.05) is 60.7 Å². The number of rotatable bonds is 5. The van der Waals surface area contributed by atoms with Crippen molar-refractivity contribution in [2.75, 3.05) is 11.9 Å². The Labute approximate surface area is 202 Å². The van der Waals surface area contributed by atoms with Crippen molar-refractivity contribution in [3.05, 3.63) is 101 Å². The number of amides is 3. The summed E-state index contributed by atoms with van der Waals surface area (Å²) in [5.74, 6) is -3.25. The van der Waals surface area contributed by atoms with Crippen LogP contribution in [0.2, 0.25) is 0 Å². The van der Waals surface area contributed by atoms with Gasteiger partial charge >= 0.3 is 0 Å². The molecule has 7 heteroatoms. The number of nitrogens with zero attached hydrogens (tertiary/aromatic N) is 1. The normalized spacial score (nSPS) is 26.8. The largest absolute Gasteiger partial charge is 0.324 e. The molecule has 2 saturated heterocycles. The number of hydrogen-bond donors (Lipinski definition) is 2. The second-order valence-electron chi connectivity index (χ2n) is 9.46. The summed E-state index contributed by atoms with van der Waals surface area (Å²) in [7, 11) is 0. The minimum absolute atomic E-state index is 0.237. The lowest BCUT2D eigenvalue weighted by atomic mass is 9.76. The number of hydrogen-bond acceptors (Lipinski definition) is 4. The third kappa shape index (κ3) is 3.30. The minimum atomic E-state index is -1.49. The van der Waals surface area contributed by atoms with Crippen LogP contribution in [0.1, 0.15) is 16.7 Å². The van der Waals surface area contributed by atoms with E-state index in [0.29, 0.717) is 24.1 Å². The van der Waals surface area contributed by atoms with Gasteiger partial charge in [0, 0.05) is 23.8 Å². The van der Waals surface area contributed by atoms with Crippen molar-refractivity contribution in [1.29, 1.82) is 0 Å². The number of anilines is 1. The summed E-state index contributed by atoms with van der Waals surface area (Å²) in [4.78, 5) is 42.3. The van der Waals surface area contributed by atoms with Crippen LogP contribution >= 0.6 is 0 Å². The molecular formula is C28H24FN3O3. The van der Waals surface area contributed by atoms with Crippen molar-refractivity contribution in [1.82, 2.24) is 10.2 Å². The van der Waals surface area contributed by atoms with Gasteiger partial charge in [0.2, 0.25) is 17.7 Å². The molecule has 2 fully saturated rings. The summed E-state index contributed by atoms with van der Waals surface area (Å²) in [6.45, 7) is 0.237. The van der Waals surface area contributed by atoms with Crippen LogP contribution in [-0.4, -0.2) is 35.2 Å². The Balaban J connectivity index is 1.41. The van der Waals surface area contributed by atoms with Crippen molar-refractivity contribution >= 4 is 23.4 Å². The second-order valence-corrected chi connectivity index (χ2v) is 9.46. The van der Waals surface area contributed by atoms with Gasteiger partial charge in [-0.2, -0.15) is 0 Å². The predicted octanol–water partition coefficient (Wildman–Crippen LogP) is 3.03. The van der Waals surface area contributed by atoms with Crippen molar-refractivity contribution in [2.24, 2.45) is 11.8 Å². The van der Waals surface area contributed by atoms with E-state index >= 15 is 0 Å². The fraction of sp³-hybridized carbons (Fsp3) is 0.250. The third-order valence-corrected chi connectivity index (χ3v) is 7.53. The van der Waals surface area contributed by atoms with Crippen LogP contribution in [0.3, 0.4) is 0 Å². The fourth-order valence-corrected chi connectivity index (χ4v) is 5.98. The highest BCUT2D eigenvalue weighted by molar-refractivity contribution is 6.15. The number of benzene rings is 3. The first-order chi connectivity index (χ1) is 17.0. The van der Waals surface area contributed by atoms with Gasteiger partial charge in [0.25, 0.3) is 0 Å². The van der Waals surface area contributed by atoms with Crippen molar-refractivity contribution < 1.29 is 18.8 Å². The Bertz CT molecular complexity index is 1330. The van der Waals surface area contributed by atoms with E-state index in [9.17, 15) is 18.8 Å². The van der Waals surface area contributed by atoms with E-state index in [2.05, 4.69) is 10.6 Å². The van der Waals surface area contributed by atoms with Crippen molar-refractivity contribution in [2.45, 2.75) is 24.4 Å². The molecule has 0 radical (unpaired) electrons. The maximum Gasteiger partial charge on any atom is 0.250 e. The predicted molar refractivity (Wildman–Crippen MR) is 128 cm³/mol. The number of carbonyl (C=O) groups excluding carboxylic acids is 3. The summed E-state index contributed by atoms with van der Waals surface area (Å²) in [6, 6.07) is 22.9. The molecular weight excluding hydrogens is 445 g/mol. The van der Waals surface area contributed by atoms with Gasteiger partial charge in [-0.05, 0) is 42.2 Å². The van der Waals surface area contributed by atoms with E-state index in [0.717, 1.165) is 11.1 Å². The summed E-state index contributed by atoms with van der Waals surface area (Å²) in [6.07, 6.45) is 0.992. The first-order valence-electron chi connectivity index (χ1n) is 11.8. The maximum atomic E-state index is 14.3. The zero-order valence-electron chi connectivity index (χ0n) is 18.9.